The van der Waals surface area contributed by atoms with Gasteiger partial charge in [0, 0.05) is 11.3 Å². The van der Waals surface area contributed by atoms with E-state index in [4.69, 9.17) is 4.74 Å². The molecule has 1 unspecified atom stereocenters. The SMILES string of the molecule is Cc1cc(C(C#N)C(=O)c2cccc(Oc3ccccc3)c2)nc(C)n1. The molecule has 5 nitrogen and oxygen atoms in total. The summed E-state index contributed by atoms with van der Waals surface area (Å²) >= 11 is 0. The van der Waals surface area contributed by atoms with Crippen molar-refractivity contribution in [3.05, 3.63) is 83.4 Å². The van der Waals surface area contributed by atoms with Crippen molar-refractivity contribution in [3.8, 4) is 17.6 Å². The number of ketones is 1. The molecular formula is C21H17N3O2. The van der Waals surface area contributed by atoms with Crippen molar-refractivity contribution in [2.45, 2.75) is 19.8 Å². The smallest absolute Gasteiger partial charge is 0.186 e. The molecule has 0 aliphatic carbocycles. The van der Waals surface area contributed by atoms with Gasteiger partial charge in [0.15, 0.2) is 11.7 Å². The van der Waals surface area contributed by atoms with Gasteiger partial charge in [-0.05, 0) is 44.2 Å². The van der Waals surface area contributed by atoms with Crippen LogP contribution in [0.3, 0.4) is 0 Å². The summed E-state index contributed by atoms with van der Waals surface area (Å²) in [5.74, 6) is 0.449. The molecule has 2 aromatic carbocycles. The third kappa shape index (κ3) is 3.93. The van der Waals surface area contributed by atoms with Crippen molar-refractivity contribution in [2.24, 2.45) is 0 Å². The Hall–Kier alpha value is -3.52. The summed E-state index contributed by atoms with van der Waals surface area (Å²) in [5, 5.41) is 9.53. The summed E-state index contributed by atoms with van der Waals surface area (Å²) in [6.07, 6.45) is 0. The average Bonchev–Trinajstić information content (AvgIpc) is 2.62. The van der Waals surface area contributed by atoms with E-state index in [1.54, 1.807) is 37.3 Å². The predicted molar refractivity (Wildman–Crippen MR) is 97.1 cm³/mol. The minimum absolute atomic E-state index is 0.316. The van der Waals surface area contributed by atoms with Crippen molar-refractivity contribution in [3.63, 3.8) is 0 Å². The van der Waals surface area contributed by atoms with Crippen LogP contribution in [0.5, 0.6) is 11.5 Å². The number of rotatable bonds is 5. The highest BCUT2D eigenvalue weighted by Gasteiger charge is 2.24. The second kappa shape index (κ2) is 7.58. The molecule has 0 aliphatic rings. The molecule has 3 aromatic rings. The fourth-order valence-corrected chi connectivity index (χ4v) is 2.66. The molecule has 0 saturated carbocycles. The van der Waals surface area contributed by atoms with Gasteiger partial charge in [-0.25, -0.2) is 9.97 Å². The highest BCUT2D eigenvalue weighted by Crippen LogP contribution is 2.25. The number of carbonyl (C=O) groups excluding carboxylic acids is 1. The number of para-hydroxylation sites is 1. The minimum atomic E-state index is -0.984. The molecule has 26 heavy (non-hydrogen) atoms. The number of aryl methyl sites for hydroxylation is 2. The second-order valence-electron chi connectivity index (χ2n) is 5.85. The Balaban J connectivity index is 1.89. The van der Waals surface area contributed by atoms with Crippen molar-refractivity contribution >= 4 is 5.78 Å². The van der Waals surface area contributed by atoms with Crippen LogP contribution in [0.1, 0.15) is 33.5 Å². The Morgan fingerprint density at radius 1 is 1.00 bits per heavy atom. The van der Waals surface area contributed by atoms with Crippen molar-refractivity contribution in [1.29, 1.82) is 5.26 Å². The molecule has 1 aromatic heterocycles. The summed E-state index contributed by atoms with van der Waals surface area (Å²) in [6.45, 7) is 3.55. The first-order valence-electron chi connectivity index (χ1n) is 8.16. The van der Waals surface area contributed by atoms with Gasteiger partial charge in [0.1, 0.15) is 17.3 Å². The zero-order valence-electron chi connectivity index (χ0n) is 14.5. The lowest BCUT2D eigenvalue weighted by atomic mass is 9.95. The number of ether oxygens (including phenoxy) is 1. The van der Waals surface area contributed by atoms with Gasteiger partial charge in [-0.1, -0.05) is 30.3 Å². The highest BCUT2D eigenvalue weighted by atomic mass is 16.5. The Bertz CT molecular complexity index is 958. The number of nitrogens with zero attached hydrogens (tertiary/aromatic N) is 3. The molecule has 0 fully saturated rings. The summed E-state index contributed by atoms with van der Waals surface area (Å²) in [4.78, 5) is 21.3. The molecule has 1 atom stereocenters. The van der Waals surface area contributed by atoms with Gasteiger partial charge in [-0.3, -0.25) is 4.79 Å². The monoisotopic (exact) mass is 343 g/mol. The normalized spacial score (nSPS) is 11.4. The minimum Gasteiger partial charge on any atom is -0.457 e. The van der Waals surface area contributed by atoms with E-state index >= 15 is 0 Å². The third-order valence-corrected chi connectivity index (χ3v) is 3.77. The van der Waals surface area contributed by atoms with E-state index < -0.39 is 5.92 Å². The van der Waals surface area contributed by atoms with Crippen molar-refractivity contribution in [1.82, 2.24) is 9.97 Å². The number of carbonyl (C=O) groups is 1. The van der Waals surface area contributed by atoms with Crippen LogP contribution in [0.4, 0.5) is 0 Å². The van der Waals surface area contributed by atoms with Crippen LogP contribution < -0.4 is 4.74 Å². The zero-order valence-corrected chi connectivity index (χ0v) is 14.5. The van der Waals surface area contributed by atoms with E-state index in [0.717, 1.165) is 5.69 Å². The summed E-state index contributed by atoms with van der Waals surface area (Å²) < 4.78 is 5.77. The fraction of sp³-hybridized carbons (Fsp3) is 0.143. The number of nitriles is 1. The standard InChI is InChI=1S/C21H17N3O2/c1-14-11-20(24-15(2)23-14)19(13-22)21(25)16-7-6-10-18(12-16)26-17-8-4-3-5-9-17/h3-12,19H,1-2H3. The lowest BCUT2D eigenvalue weighted by Crippen LogP contribution is -2.14. The Morgan fingerprint density at radius 3 is 2.42 bits per heavy atom. The molecule has 0 spiro atoms. The maximum atomic E-state index is 12.9. The maximum absolute atomic E-state index is 12.9. The average molecular weight is 343 g/mol. The van der Waals surface area contributed by atoms with E-state index in [1.165, 1.54) is 0 Å². The van der Waals surface area contributed by atoms with Crippen LogP contribution in [0.2, 0.25) is 0 Å². The van der Waals surface area contributed by atoms with Gasteiger partial charge in [-0.2, -0.15) is 5.26 Å². The van der Waals surface area contributed by atoms with Crippen LogP contribution in [0.25, 0.3) is 0 Å². The molecule has 0 saturated heterocycles. The largest absolute Gasteiger partial charge is 0.457 e. The van der Waals surface area contributed by atoms with E-state index in [1.807, 2.05) is 37.3 Å². The van der Waals surface area contributed by atoms with Crippen LogP contribution in [0, 0.1) is 25.2 Å². The first-order chi connectivity index (χ1) is 12.6. The highest BCUT2D eigenvalue weighted by molar-refractivity contribution is 6.02. The van der Waals surface area contributed by atoms with Crippen LogP contribution in [-0.4, -0.2) is 15.8 Å². The van der Waals surface area contributed by atoms with E-state index in [2.05, 4.69) is 16.0 Å². The van der Waals surface area contributed by atoms with E-state index in [0.29, 0.717) is 28.6 Å². The van der Waals surface area contributed by atoms with Crippen LogP contribution in [-0.2, 0) is 0 Å². The number of Topliss-reactive ketones (excluding diaryl/α,β-unsaturated/α-hetero) is 1. The lowest BCUT2D eigenvalue weighted by Gasteiger charge is -2.11. The molecular weight excluding hydrogens is 326 g/mol. The van der Waals surface area contributed by atoms with Gasteiger partial charge in [0.2, 0.25) is 0 Å². The molecule has 128 valence electrons. The van der Waals surface area contributed by atoms with E-state index in [-0.39, 0.29) is 5.78 Å². The third-order valence-electron chi connectivity index (χ3n) is 3.77. The van der Waals surface area contributed by atoms with Gasteiger partial charge in [-0.15, -0.1) is 0 Å². The number of benzene rings is 2. The molecule has 0 radical (unpaired) electrons. The first kappa shape index (κ1) is 17.3. The quantitative estimate of drug-likeness (QED) is 0.643. The Kier molecular flexibility index (Phi) is 5.04. The Morgan fingerprint density at radius 2 is 1.73 bits per heavy atom. The summed E-state index contributed by atoms with van der Waals surface area (Å²) in [6, 6.07) is 19.8. The number of hydrogen-bond acceptors (Lipinski definition) is 5. The lowest BCUT2D eigenvalue weighted by molar-refractivity contribution is 0.0977. The van der Waals surface area contributed by atoms with Gasteiger partial charge >= 0.3 is 0 Å². The van der Waals surface area contributed by atoms with Crippen LogP contribution in [0.15, 0.2) is 60.7 Å². The van der Waals surface area contributed by atoms with E-state index in [9.17, 15) is 10.1 Å². The first-order valence-corrected chi connectivity index (χ1v) is 8.16. The van der Waals surface area contributed by atoms with Crippen LogP contribution >= 0.6 is 0 Å². The molecule has 0 amide bonds. The summed E-state index contributed by atoms with van der Waals surface area (Å²) in [7, 11) is 0. The molecule has 1 heterocycles. The van der Waals surface area contributed by atoms with Crippen molar-refractivity contribution < 1.29 is 9.53 Å². The number of aromatic nitrogens is 2. The molecule has 3 rings (SSSR count). The predicted octanol–water partition coefficient (Wildman–Crippen LogP) is 4.38. The Labute approximate surface area is 151 Å². The molecule has 0 aliphatic heterocycles. The van der Waals surface area contributed by atoms with Crippen molar-refractivity contribution in [2.75, 3.05) is 0 Å². The summed E-state index contributed by atoms with van der Waals surface area (Å²) in [5.41, 5.74) is 1.54. The fourth-order valence-electron chi connectivity index (χ4n) is 2.66. The zero-order chi connectivity index (χ0) is 18.5. The van der Waals surface area contributed by atoms with Gasteiger partial charge < -0.3 is 4.74 Å². The second-order valence-corrected chi connectivity index (χ2v) is 5.85. The molecule has 5 heteroatoms. The topological polar surface area (TPSA) is 75.9 Å². The molecule has 0 N–H and O–H groups in total. The maximum Gasteiger partial charge on any atom is 0.186 e. The van der Waals surface area contributed by atoms with Gasteiger partial charge in [0.05, 0.1) is 11.8 Å². The number of hydrogen-bond donors (Lipinski definition) is 0. The molecule has 0 bridgehead atoms. The van der Waals surface area contributed by atoms with Gasteiger partial charge in [0.25, 0.3) is 0 Å².